The van der Waals surface area contributed by atoms with Gasteiger partial charge in [-0.2, -0.15) is 0 Å². The second-order valence-electron chi connectivity index (χ2n) is 5.65. The van der Waals surface area contributed by atoms with Crippen LogP contribution in [0.5, 0.6) is 0 Å². The Morgan fingerprint density at radius 1 is 1.41 bits per heavy atom. The summed E-state index contributed by atoms with van der Waals surface area (Å²) in [6.07, 6.45) is 4.46. The Hall–Kier alpha value is -1.03. The molecule has 3 rings (SSSR count). The Bertz CT molecular complexity index is 711. The molecule has 1 amide bonds. The van der Waals surface area contributed by atoms with Gasteiger partial charge in [0, 0.05) is 15.3 Å². The monoisotopic (exact) mass is 353 g/mol. The molecule has 2 nitrogen and oxygen atoms in total. The third-order valence-electron chi connectivity index (χ3n) is 4.26. The van der Waals surface area contributed by atoms with E-state index in [-0.39, 0.29) is 5.91 Å². The lowest BCUT2D eigenvalue weighted by Gasteiger charge is -2.21. The van der Waals surface area contributed by atoms with Crippen LogP contribution in [0.15, 0.2) is 23.6 Å². The molecule has 0 saturated heterocycles. The molecule has 1 aliphatic carbocycles. The largest absolute Gasteiger partial charge is 0.321 e. The van der Waals surface area contributed by atoms with Crippen molar-refractivity contribution in [3.05, 3.63) is 49.6 Å². The molecule has 1 unspecified atom stereocenters. The molecule has 2 aromatic rings. The summed E-state index contributed by atoms with van der Waals surface area (Å²) >= 11 is 13.8. The molecule has 0 bridgehead atoms. The lowest BCUT2D eigenvalue weighted by molar-refractivity contribution is 0.102. The number of anilines is 1. The molecule has 1 N–H and O–H groups in total. The van der Waals surface area contributed by atoms with E-state index >= 15 is 0 Å². The Balaban J connectivity index is 1.82. The van der Waals surface area contributed by atoms with Gasteiger partial charge in [-0.25, -0.2) is 0 Å². The molecule has 5 heteroatoms. The van der Waals surface area contributed by atoms with Gasteiger partial charge >= 0.3 is 0 Å². The summed E-state index contributed by atoms with van der Waals surface area (Å²) < 4.78 is 0. The molecule has 1 aromatic carbocycles. The lowest BCUT2D eigenvalue weighted by atomic mass is 9.86. The van der Waals surface area contributed by atoms with E-state index < -0.39 is 0 Å². The average Bonchev–Trinajstić information content (AvgIpc) is 2.93. The van der Waals surface area contributed by atoms with Gasteiger partial charge in [-0.05, 0) is 48.9 Å². The maximum atomic E-state index is 12.6. The van der Waals surface area contributed by atoms with Gasteiger partial charge in [-0.15, -0.1) is 11.3 Å². The maximum Gasteiger partial charge on any atom is 0.256 e. The molecular weight excluding hydrogens is 337 g/mol. The number of benzene rings is 1. The summed E-state index contributed by atoms with van der Waals surface area (Å²) in [5.74, 6) is 0.654. The third-order valence-corrected chi connectivity index (χ3v) is 5.87. The van der Waals surface area contributed by atoms with E-state index in [0.29, 0.717) is 15.7 Å². The first-order valence-electron chi connectivity index (χ1n) is 7.44. The smallest absolute Gasteiger partial charge is 0.256 e. The van der Waals surface area contributed by atoms with Crippen molar-refractivity contribution in [1.82, 2.24) is 0 Å². The molecule has 0 saturated carbocycles. The van der Waals surface area contributed by atoms with E-state index in [0.717, 1.165) is 24.3 Å². The van der Waals surface area contributed by atoms with Crippen molar-refractivity contribution < 1.29 is 4.79 Å². The van der Waals surface area contributed by atoms with Gasteiger partial charge in [0.2, 0.25) is 0 Å². The fourth-order valence-electron chi connectivity index (χ4n) is 2.90. The zero-order chi connectivity index (χ0) is 15.7. The Labute approximate surface area is 144 Å². The molecule has 0 spiro atoms. The minimum Gasteiger partial charge on any atom is -0.321 e. The molecular formula is C17H17Cl2NOS. The van der Waals surface area contributed by atoms with Crippen LogP contribution in [0.25, 0.3) is 0 Å². The predicted octanol–water partition coefficient (Wildman–Crippen LogP) is 5.82. The first-order chi connectivity index (χ1) is 10.6. The van der Waals surface area contributed by atoms with E-state index in [4.69, 9.17) is 23.2 Å². The molecule has 1 aliphatic rings. The van der Waals surface area contributed by atoms with Gasteiger partial charge in [0.15, 0.2) is 0 Å². The van der Waals surface area contributed by atoms with Crippen LogP contribution in [-0.2, 0) is 12.8 Å². The van der Waals surface area contributed by atoms with Crippen LogP contribution in [0.3, 0.4) is 0 Å². The second kappa shape index (κ2) is 6.61. The zero-order valence-corrected chi connectivity index (χ0v) is 14.6. The highest BCUT2D eigenvalue weighted by molar-refractivity contribution is 7.10. The maximum absolute atomic E-state index is 12.6. The Morgan fingerprint density at radius 2 is 2.23 bits per heavy atom. The molecule has 1 heterocycles. The summed E-state index contributed by atoms with van der Waals surface area (Å²) in [7, 11) is 0. The van der Waals surface area contributed by atoms with E-state index in [1.807, 2.05) is 5.38 Å². The van der Waals surface area contributed by atoms with Crippen LogP contribution in [0.4, 0.5) is 5.69 Å². The predicted molar refractivity (Wildman–Crippen MR) is 94.5 cm³/mol. The normalized spacial score (nSPS) is 17.1. The minimum absolute atomic E-state index is 0.100. The number of carbonyl (C=O) groups is 1. The van der Waals surface area contributed by atoms with Crippen LogP contribution < -0.4 is 5.32 Å². The molecule has 116 valence electrons. The summed E-state index contributed by atoms with van der Waals surface area (Å²) in [4.78, 5) is 13.9. The molecule has 0 radical (unpaired) electrons. The van der Waals surface area contributed by atoms with Crippen LogP contribution in [0.2, 0.25) is 10.0 Å². The molecule has 1 aromatic heterocycles. The fourth-order valence-corrected chi connectivity index (χ4v) is 4.44. The van der Waals surface area contributed by atoms with Gasteiger partial charge in [0.25, 0.3) is 5.91 Å². The quantitative estimate of drug-likeness (QED) is 0.739. The van der Waals surface area contributed by atoms with E-state index in [9.17, 15) is 4.79 Å². The van der Waals surface area contributed by atoms with E-state index in [1.165, 1.54) is 23.3 Å². The number of amides is 1. The highest BCUT2D eigenvalue weighted by atomic mass is 35.5. The minimum atomic E-state index is -0.100. The topological polar surface area (TPSA) is 29.1 Å². The molecule has 1 atom stereocenters. The first-order valence-corrected chi connectivity index (χ1v) is 9.07. The summed E-state index contributed by atoms with van der Waals surface area (Å²) in [5.41, 5.74) is 2.55. The summed E-state index contributed by atoms with van der Waals surface area (Å²) in [6.45, 7) is 2.23. The van der Waals surface area contributed by atoms with Gasteiger partial charge < -0.3 is 5.32 Å². The number of hydrogen-bond donors (Lipinski definition) is 1. The van der Waals surface area contributed by atoms with E-state index in [2.05, 4.69) is 12.2 Å². The Morgan fingerprint density at radius 3 is 3.00 bits per heavy atom. The van der Waals surface area contributed by atoms with Crippen LogP contribution in [0.1, 0.15) is 40.6 Å². The SMILES string of the molecule is CCC1CCc2c(C(=O)Nc3cc(Cl)ccc3Cl)csc2C1. The van der Waals surface area contributed by atoms with Crippen molar-refractivity contribution in [1.29, 1.82) is 0 Å². The second-order valence-corrected chi connectivity index (χ2v) is 7.45. The highest BCUT2D eigenvalue weighted by Crippen LogP contribution is 2.35. The molecule has 0 fully saturated rings. The lowest BCUT2D eigenvalue weighted by Crippen LogP contribution is -2.17. The first kappa shape index (κ1) is 15.9. The highest BCUT2D eigenvalue weighted by Gasteiger charge is 2.24. The summed E-state index contributed by atoms with van der Waals surface area (Å²) in [6, 6.07) is 5.07. The van der Waals surface area contributed by atoms with E-state index in [1.54, 1.807) is 29.5 Å². The zero-order valence-electron chi connectivity index (χ0n) is 12.3. The molecule has 0 aliphatic heterocycles. The number of carbonyl (C=O) groups excluding carboxylic acids is 1. The van der Waals surface area contributed by atoms with Crippen molar-refractivity contribution in [2.75, 3.05) is 5.32 Å². The van der Waals surface area contributed by atoms with Crippen molar-refractivity contribution in [3.8, 4) is 0 Å². The van der Waals surface area contributed by atoms with Crippen LogP contribution in [0, 0.1) is 5.92 Å². The van der Waals surface area contributed by atoms with Gasteiger partial charge in [0.1, 0.15) is 0 Å². The number of thiophene rings is 1. The number of nitrogens with one attached hydrogen (secondary N) is 1. The van der Waals surface area contributed by atoms with Gasteiger partial charge in [0.05, 0.1) is 16.3 Å². The number of halogens is 2. The van der Waals surface area contributed by atoms with Gasteiger partial charge in [-0.3, -0.25) is 4.79 Å². The number of rotatable bonds is 3. The van der Waals surface area contributed by atoms with Crippen molar-refractivity contribution >= 4 is 46.1 Å². The van der Waals surface area contributed by atoms with Crippen molar-refractivity contribution in [3.63, 3.8) is 0 Å². The fraction of sp³-hybridized carbons (Fsp3) is 0.353. The summed E-state index contributed by atoms with van der Waals surface area (Å²) in [5, 5.41) is 5.90. The third kappa shape index (κ3) is 3.17. The average molecular weight is 354 g/mol. The molecule has 22 heavy (non-hydrogen) atoms. The van der Waals surface area contributed by atoms with Crippen LogP contribution in [-0.4, -0.2) is 5.91 Å². The van der Waals surface area contributed by atoms with Gasteiger partial charge in [-0.1, -0.05) is 36.5 Å². The standard InChI is InChI=1S/C17H17Cl2NOS/c1-2-10-3-5-12-13(9-22-16(12)7-10)17(21)20-15-8-11(18)4-6-14(15)19/h4,6,8-10H,2-3,5,7H2,1H3,(H,20,21). The number of hydrogen-bond acceptors (Lipinski definition) is 2. The van der Waals surface area contributed by atoms with Crippen LogP contribution >= 0.6 is 34.5 Å². The Kier molecular flexibility index (Phi) is 4.76. The van der Waals surface area contributed by atoms with Crippen molar-refractivity contribution in [2.45, 2.75) is 32.6 Å². The van der Waals surface area contributed by atoms with Crippen molar-refractivity contribution in [2.24, 2.45) is 5.92 Å². The number of fused-ring (bicyclic) bond motifs is 1.